The Bertz CT molecular complexity index is 736. The lowest BCUT2D eigenvalue weighted by atomic mass is 9.93. The number of hydrogen-bond donors (Lipinski definition) is 2. The van der Waals surface area contributed by atoms with Gasteiger partial charge >= 0.3 is 5.97 Å². The molecule has 0 aliphatic rings. The summed E-state index contributed by atoms with van der Waals surface area (Å²) in [6.45, 7) is 4.21. The van der Waals surface area contributed by atoms with E-state index in [2.05, 4.69) is 13.8 Å². The Kier molecular flexibility index (Phi) is 5.88. The average Bonchev–Trinajstić information content (AvgIpc) is 2.56. The van der Waals surface area contributed by atoms with Gasteiger partial charge in [0.05, 0.1) is 0 Å². The second-order valence-corrected chi connectivity index (χ2v) is 6.05. The molecule has 1 atom stereocenters. The molecule has 1 unspecified atom stereocenters. The summed E-state index contributed by atoms with van der Waals surface area (Å²) in [5.41, 5.74) is 8.70. The molecular formula is C20H22FNO2. The number of carbonyl (C=O) groups is 1. The highest BCUT2D eigenvalue weighted by Gasteiger charge is 2.14. The van der Waals surface area contributed by atoms with Crippen LogP contribution in [0.1, 0.15) is 42.9 Å². The molecule has 0 saturated carbocycles. The van der Waals surface area contributed by atoms with Crippen LogP contribution in [0.3, 0.4) is 0 Å². The summed E-state index contributed by atoms with van der Waals surface area (Å²) in [7, 11) is 0. The molecule has 2 aromatic carbocycles. The van der Waals surface area contributed by atoms with E-state index in [0.717, 1.165) is 5.56 Å². The van der Waals surface area contributed by atoms with Gasteiger partial charge in [0, 0.05) is 5.56 Å². The summed E-state index contributed by atoms with van der Waals surface area (Å²) in [5, 5.41) is 8.96. The minimum Gasteiger partial charge on any atom is -0.480 e. The van der Waals surface area contributed by atoms with Gasteiger partial charge in [0.2, 0.25) is 0 Å². The first-order valence-electron chi connectivity index (χ1n) is 7.94. The minimum atomic E-state index is -1.07. The highest BCUT2D eigenvalue weighted by Crippen LogP contribution is 2.28. The molecule has 0 saturated heterocycles. The first kappa shape index (κ1) is 17.9. The zero-order chi connectivity index (χ0) is 17.7. The lowest BCUT2D eigenvalue weighted by molar-refractivity contribution is -0.138. The van der Waals surface area contributed by atoms with Crippen molar-refractivity contribution in [1.29, 1.82) is 0 Å². The van der Waals surface area contributed by atoms with Crippen molar-refractivity contribution in [3.63, 3.8) is 0 Å². The molecule has 0 fully saturated rings. The van der Waals surface area contributed by atoms with Crippen LogP contribution in [0.25, 0.3) is 5.57 Å². The van der Waals surface area contributed by atoms with Gasteiger partial charge < -0.3 is 10.8 Å². The van der Waals surface area contributed by atoms with Crippen LogP contribution < -0.4 is 5.73 Å². The Labute approximate surface area is 141 Å². The SMILES string of the molecule is CC(C)c1ccc(/C(=C\CC(N)C(=O)O)c2ccccc2F)cc1. The Balaban J connectivity index is 2.44. The van der Waals surface area contributed by atoms with Gasteiger partial charge in [0.15, 0.2) is 0 Å². The van der Waals surface area contributed by atoms with Crippen LogP contribution >= 0.6 is 0 Å². The summed E-state index contributed by atoms with van der Waals surface area (Å²) < 4.78 is 14.2. The van der Waals surface area contributed by atoms with Crippen LogP contribution in [-0.2, 0) is 4.79 Å². The van der Waals surface area contributed by atoms with Crippen LogP contribution in [0.5, 0.6) is 0 Å². The second-order valence-electron chi connectivity index (χ2n) is 6.05. The molecule has 0 aliphatic carbocycles. The van der Waals surface area contributed by atoms with E-state index in [9.17, 15) is 9.18 Å². The topological polar surface area (TPSA) is 63.3 Å². The number of halogens is 1. The third-order valence-electron chi connectivity index (χ3n) is 3.95. The molecule has 126 valence electrons. The number of carboxylic acids is 1. The fourth-order valence-electron chi connectivity index (χ4n) is 2.46. The highest BCUT2D eigenvalue weighted by molar-refractivity contribution is 5.81. The second kappa shape index (κ2) is 7.88. The van der Waals surface area contributed by atoms with Crippen molar-refractivity contribution in [3.05, 3.63) is 77.1 Å². The predicted molar refractivity (Wildman–Crippen MR) is 94.2 cm³/mol. The Morgan fingerprint density at radius 2 is 1.79 bits per heavy atom. The molecule has 3 nitrogen and oxygen atoms in total. The van der Waals surface area contributed by atoms with Crippen molar-refractivity contribution < 1.29 is 14.3 Å². The van der Waals surface area contributed by atoms with Crippen molar-refractivity contribution in [2.45, 2.75) is 32.2 Å². The molecule has 0 radical (unpaired) electrons. The maximum absolute atomic E-state index is 14.2. The van der Waals surface area contributed by atoms with Crippen LogP contribution in [0.4, 0.5) is 4.39 Å². The summed E-state index contributed by atoms with van der Waals surface area (Å²) in [4.78, 5) is 10.9. The summed E-state index contributed by atoms with van der Waals surface area (Å²) >= 11 is 0. The average molecular weight is 327 g/mol. The normalized spacial score (nSPS) is 13.1. The third-order valence-corrected chi connectivity index (χ3v) is 3.95. The van der Waals surface area contributed by atoms with Gasteiger partial charge in [-0.3, -0.25) is 4.79 Å². The molecule has 0 aliphatic heterocycles. The lowest BCUT2D eigenvalue weighted by Crippen LogP contribution is -2.29. The van der Waals surface area contributed by atoms with E-state index in [-0.39, 0.29) is 12.2 Å². The first-order chi connectivity index (χ1) is 11.4. The molecule has 0 amide bonds. The van der Waals surface area contributed by atoms with E-state index in [1.165, 1.54) is 11.6 Å². The van der Waals surface area contributed by atoms with E-state index in [1.807, 2.05) is 24.3 Å². The van der Waals surface area contributed by atoms with Crippen LogP contribution in [0.2, 0.25) is 0 Å². The van der Waals surface area contributed by atoms with Crippen molar-refractivity contribution in [1.82, 2.24) is 0 Å². The molecule has 0 heterocycles. The lowest BCUT2D eigenvalue weighted by Gasteiger charge is -2.13. The molecule has 2 rings (SSSR count). The Hall–Kier alpha value is -2.46. The van der Waals surface area contributed by atoms with Gasteiger partial charge in [-0.05, 0) is 35.1 Å². The Morgan fingerprint density at radius 3 is 2.33 bits per heavy atom. The zero-order valence-corrected chi connectivity index (χ0v) is 13.9. The van der Waals surface area contributed by atoms with Gasteiger partial charge in [-0.1, -0.05) is 62.4 Å². The molecule has 0 bridgehead atoms. The highest BCUT2D eigenvalue weighted by atomic mass is 19.1. The molecule has 2 aromatic rings. The fourth-order valence-corrected chi connectivity index (χ4v) is 2.46. The van der Waals surface area contributed by atoms with Crippen molar-refractivity contribution in [2.75, 3.05) is 0 Å². The number of nitrogens with two attached hydrogens (primary N) is 1. The largest absolute Gasteiger partial charge is 0.480 e. The van der Waals surface area contributed by atoms with Gasteiger partial charge in [-0.2, -0.15) is 0 Å². The maximum atomic E-state index is 14.2. The number of rotatable bonds is 6. The quantitative estimate of drug-likeness (QED) is 0.836. The van der Waals surface area contributed by atoms with E-state index >= 15 is 0 Å². The third kappa shape index (κ3) is 4.30. The number of benzene rings is 2. The minimum absolute atomic E-state index is 0.130. The number of carboxylic acid groups (broad SMARTS) is 1. The maximum Gasteiger partial charge on any atom is 0.320 e. The van der Waals surface area contributed by atoms with Crippen LogP contribution in [0.15, 0.2) is 54.6 Å². The molecule has 4 heteroatoms. The fraction of sp³-hybridized carbons (Fsp3) is 0.250. The zero-order valence-electron chi connectivity index (χ0n) is 13.9. The number of hydrogen-bond acceptors (Lipinski definition) is 2. The van der Waals surface area contributed by atoms with Crippen molar-refractivity contribution in [2.24, 2.45) is 5.73 Å². The molecule has 24 heavy (non-hydrogen) atoms. The summed E-state index contributed by atoms with van der Waals surface area (Å²) in [6, 6.07) is 13.3. The smallest absolute Gasteiger partial charge is 0.320 e. The van der Waals surface area contributed by atoms with Gasteiger partial charge in [0.1, 0.15) is 11.9 Å². The standard InChI is InChI=1S/C20H22FNO2/c1-13(2)14-7-9-15(10-8-14)16(11-12-19(22)20(23)24)17-5-3-4-6-18(17)21/h3-11,13,19H,12,22H2,1-2H3,(H,23,24)/b16-11+. The molecule has 0 aromatic heterocycles. The van der Waals surface area contributed by atoms with Crippen LogP contribution in [-0.4, -0.2) is 17.1 Å². The number of aliphatic carboxylic acids is 1. The van der Waals surface area contributed by atoms with Crippen LogP contribution in [0, 0.1) is 5.82 Å². The Morgan fingerprint density at radius 1 is 1.17 bits per heavy atom. The van der Waals surface area contributed by atoms with Gasteiger partial charge in [-0.15, -0.1) is 0 Å². The van der Waals surface area contributed by atoms with E-state index in [4.69, 9.17) is 10.8 Å². The molecule has 0 spiro atoms. The van der Waals surface area contributed by atoms with Crippen molar-refractivity contribution >= 4 is 11.5 Å². The molecular weight excluding hydrogens is 305 g/mol. The molecule has 3 N–H and O–H groups in total. The predicted octanol–water partition coefficient (Wildman–Crippen LogP) is 4.18. The van der Waals surface area contributed by atoms with E-state index in [0.29, 0.717) is 17.1 Å². The monoisotopic (exact) mass is 327 g/mol. The summed E-state index contributed by atoms with van der Waals surface area (Å²) in [6.07, 6.45) is 1.83. The van der Waals surface area contributed by atoms with E-state index in [1.54, 1.807) is 24.3 Å². The van der Waals surface area contributed by atoms with E-state index < -0.39 is 12.0 Å². The van der Waals surface area contributed by atoms with Crippen molar-refractivity contribution in [3.8, 4) is 0 Å². The first-order valence-corrected chi connectivity index (χ1v) is 7.94. The van der Waals surface area contributed by atoms with Gasteiger partial charge in [-0.25, -0.2) is 4.39 Å². The summed E-state index contributed by atoms with van der Waals surface area (Å²) in [5.74, 6) is -1.02. The van der Waals surface area contributed by atoms with Gasteiger partial charge in [0.25, 0.3) is 0 Å².